The van der Waals surface area contributed by atoms with E-state index in [0.717, 1.165) is 28.5 Å². The first-order valence-corrected chi connectivity index (χ1v) is 8.17. The molecule has 2 N–H and O–H groups in total. The van der Waals surface area contributed by atoms with Gasteiger partial charge in [-0.15, -0.1) is 0 Å². The van der Waals surface area contributed by atoms with E-state index in [1.54, 1.807) is 0 Å². The first-order valence-electron chi connectivity index (χ1n) is 7.37. The number of anilines is 1. The number of hydrogen-bond donors (Lipinski definition) is 1. The van der Waals surface area contributed by atoms with E-state index in [1.165, 1.54) is 19.3 Å². The molecule has 2 aliphatic rings. The normalized spacial score (nSPS) is 33.5. The summed E-state index contributed by atoms with van der Waals surface area (Å²) in [5.74, 6) is 2.20. The predicted molar refractivity (Wildman–Crippen MR) is 88.0 cm³/mol. The minimum absolute atomic E-state index is 0.101. The van der Waals surface area contributed by atoms with E-state index in [0.29, 0.717) is 5.96 Å². The van der Waals surface area contributed by atoms with Crippen LogP contribution in [0.15, 0.2) is 33.7 Å². The second-order valence-electron chi connectivity index (χ2n) is 6.41. The summed E-state index contributed by atoms with van der Waals surface area (Å²) in [5, 5.41) is 0. The molecule has 0 bridgehead atoms. The molecule has 3 unspecified atom stereocenters. The Kier molecular flexibility index (Phi) is 3.53. The summed E-state index contributed by atoms with van der Waals surface area (Å²) in [5.41, 5.74) is 7.46. The molecule has 1 spiro atoms. The van der Waals surface area contributed by atoms with E-state index in [2.05, 4.69) is 63.9 Å². The fraction of sp³-hybridized carbons (Fsp3) is 0.562. The number of nitrogens with zero attached hydrogens (tertiary/aromatic N) is 2. The van der Waals surface area contributed by atoms with Crippen LogP contribution >= 0.6 is 15.9 Å². The molecule has 1 aliphatic carbocycles. The van der Waals surface area contributed by atoms with Crippen molar-refractivity contribution < 1.29 is 0 Å². The van der Waals surface area contributed by atoms with Crippen molar-refractivity contribution in [3.63, 3.8) is 0 Å². The Morgan fingerprint density at radius 1 is 1.25 bits per heavy atom. The van der Waals surface area contributed by atoms with Gasteiger partial charge >= 0.3 is 0 Å². The molecule has 1 aromatic carbocycles. The Morgan fingerprint density at radius 2 is 1.95 bits per heavy atom. The molecule has 0 amide bonds. The van der Waals surface area contributed by atoms with Crippen molar-refractivity contribution in [3.8, 4) is 0 Å². The highest BCUT2D eigenvalue weighted by Gasteiger charge is 2.46. The van der Waals surface area contributed by atoms with Crippen LogP contribution in [0, 0.1) is 11.8 Å². The van der Waals surface area contributed by atoms with Gasteiger partial charge in [-0.25, -0.2) is 0 Å². The predicted octanol–water partition coefficient (Wildman–Crippen LogP) is 3.78. The minimum atomic E-state index is 0.101. The summed E-state index contributed by atoms with van der Waals surface area (Å²) >= 11 is 3.49. The number of rotatable bonds is 1. The van der Waals surface area contributed by atoms with Gasteiger partial charge in [0.2, 0.25) is 0 Å². The van der Waals surface area contributed by atoms with Crippen LogP contribution < -0.4 is 10.6 Å². The van der Waals surface area contributed by atoms with Crippen molar-refractivity contribution in [2.45, 2.75) is 38.6 Å². The zero-order chi connectivity index (χ0) is 14.3. The Bertz CT molecular complexity index is 525. The van der Waals surface area contributed by atoms with E-state index in [4.69, 9.17) is 5.73 Å². The van der Waals surface area contributed by atoms with Crippen LogP contribution in [0.2, 0.25) is 0 Å². The smallest absolute Gasteiger partial charge is 0.196 e. The maximum atomic E-state index is 6.20. The molecule has 1 heterocycles. The Balaban J connectivity index is 1.94. The van der Waals surface area contributed by atoms with Crippen molar-refractivity contribution in [1.82, 2.24) is 0 Å². The monoisotopic (exact) mass is 335 g/mol. The summed E-state index contributed by atoms with van der Waals surface area (Å²) in [6, 6.07) is 8.40. The molecule has 3 nitrogen and oxygen atoms in total. The minimum Gasteiger partial charge on any atom is -0.369 e. The third kappa shape index (κ3) is 2.24. The van der Waals surface area contributed by atoms with Gasteiger partial charge in [0.05, 0.1) is 12.1 Å². The SMILES string of the molecule is CC1CCC2(CN=C(N)N2c2ccc(Br)cc2)CC1C. The van der Waals surface area contributed by atoms with Gasteiger partial charge in [0.1, 0.15) is 0 Å². The molecule has 108 valence electrons. The van der Waals surface area contributed by atoms with E-state index in [9.17, 15) is 0 Å². The van der Waals surface area contributed by atoms with Crippen LogP contribution in [-0.2, 0) is 0 Å². The van der Waals surface area contributed by atoms with Gasteiger partial charge in [0.15, 0.2) is 5.96 Å². The molecule has 0 saturated heterocycles. The van der Waals surface area contributed by atoms with Crippen LogP contribution in [0.5, 0.6) is 0 Å². The summed E-state index contributed by atoms with van der Waals surface area (Å²) in [6.45, 7) is 5.56. The van der Waals surface area contributed by atoms with Crippen LogP contribution in [0.4, 0.5) is 5.69 Å². The number of nitrogens with two attached hydrogens (primary N) is 1. The highest BCUT2D eigenvalue weighted by Crippen LogP contribution is 2.44. The van der Waals surface area contributed by atoms with Crippen molar-refractivity contribution in [2.24, 2.45) is 22.6 Å². The molecule has 20 heavy (non-hydrogen) atoms. The Morgan fingerprint density at radius 3 is 2.60 bits per heavy atom. The summed E-state index contributed by atoms with van der Waals surface area (Å²) < 4.78 is 1.09. The van der Waals surface area contributed by atoms with Gasteiger partial charge in [-0.2, -0.15) is 0 Å². The van der Waals surface area contributed by atoms with Gasteiger partial charge in [-0.3, -0.25) is 4.99 Å². The van der Waals surface area contributed by atoms with Crippen LogP contribution in [0.3, 0.4) is 0 Å². The Labute approximate surface area is 129 Å². The molecule has 0 radical (unpaired) electrons. The number of hydrogen-bond acceptors (Lipinski definition) is 3. The lowest BCUT2D eigenvalue weighted by Crippen LogP contribution is -2.55. The maximum absolute atomic E-state index is 6.20. The standard InChI is InChI=1S/C16H22BrN3/c1-11-7-8-16(9-12(11)2)10-19-15(18)20(16)14-5-3-13(17)4-6-14/h3-6,11-12H,7-10H2,1-2H3,(H2,18,19). The topological polar surface area (TPSA) is 41.6 Å². The number of aliphatic imine (C=N–C) groups is 1. The fourth-order valence-electron chi connectivity index (χ4n) is 3.64. The van der Waals surface area contributed by atoms with Crippen molar-refractivity contribution >= 4 is 27.6 Å². The van der Waals surface area contributed by atoms with Crippen LogP contribution in [0.25, 0.3) is 0 Å². The molecule has 0 aromatic heterocycles. The maximum Gasteiger partial charge on any atom is 0.196 e. The summed E-state index contributed by atoms with van der Waals surface area (Å²) in [6.07, 6.45) is 3.62. The molecule has 1 saturated carbocycles. The third-order valence-corrected chi connectivity index (χ3v) is 5.59. The highest BCUT2D eigenvalue weighted by atomic mass is 79.9. The highest BCUT2D eigenvalue weighted by molar-refractivity contribution is 9.10. The first kappa shape index (κ1) is 13.9. The summed E-state index contributed by atoms with van der Waals surface area (Å²) in [4.78, 5) is 6.84. The van der Waals surface area contributed by atoms with E-state index in [-0.39, 0.29) is 5.54 Å². The second kappa shape index (κ2) is 5.06. The third-order valence-electron chi connectivity index (χ3n) is 5.06. The van der Waals surface area contributed by atoms with Gasteiger partial charge in [-0.05, 0) is 55.4 Å². The fourth-order valence-corrected chi connectivity index (χ4v) is 3.90. The van der Waals surface area contributed by atoms with Gasteiger partial charge < -0.3 is 10.6 Å². The number of benzene rings is 1. The molecule has 4 heteroatoms. The lowest BCUT2D eigenvalue weighted by molar-refractivity contribution is 0.189. The molecule has 1 fully saturated rings. The van der Waals surface area contributed by atoms with Gasteiger partial charge in [0, 0.05) is 10.2 Å². The second-order valence-corrected chi connectivity index (χ2v) is 7.32. The Hall–Kier alpha value is -1.03. The zero-order valence-corrected chi connectivity index (χ0v) is 13.7. The van der Waals surface area contributed by atoms with E-state index >= 15 is 0 Å². The van der Waals surface area contributed by atoms with Gasteiger partial charge in [0.25, 0.3) is 0 Å². The van der Waals surface area contributed by atoms with E-state index in [1.807, 2.05) is 0 Å². The molecule has 3 rings (SSSR count). The zero-order valence-electron chi connectivity index (χ0n) is 12.1. The molecule has 1 aromatic rings. The van der Waals surface area contributed by atoms with Gasteiger partial charge in [-0.1, -0.05) is 29.8 Å². The molecule has 1 aliphatic heterocycles. The summed E-state index contributed by atoms with van der Waals surface area (Å²) in [7, 11) is 0. The lowest BCUT2D eigenvalue weighted by atomic mass is 9.70. The van der Waals surface area contributed by atoms with E-state index < -0.39 is 0 Å². The molecular formula is C16H22BrN3. The van der Waals surface area contributed by atoms with Crippen LogP contribution in [-0.4, -0.2) is 18.0 Å². The largest absolute Gasteiger partial charge is 0.369 e. The average molecular weight is 336 g/mol. The van der Waals surface area contributed by atoms with Crippen molar-refractivity contribution in [1.29, 1.82) is 0 Å². The van der Waals surface area contributed by atoms with Crippen molar-refractivity contribution in [3.05, 3.63) is 28.7 Å². The molecule has 3 atom stereocenters. The quantitative estimate of drug-likeness (QED) is 0.848. The average Bonchev–Trinajstić information content (AvgIpc) is 2.73. The lowest BCUT2D eigenvalue weighted by Gasteiger charge is -2.46. The number of halogens is 1. The number of guanidine groups is 1. The van der Waals surface area contributed by atoms with Crippen LogP contribution in [0.1, 0.15) is 33.1 Å². The first-order chi connectivity index (χ1) is 9.52. The molecular weight excluding hydrogens is 314 g/mol. The van der Waals surface area contributed by atoms with Crippen molar-refractivity contribution in [2.75, 3.05) is 11.4 Å².